The van der Waals surface area contributed by atoms with Crippen molar-refractivity contribution in [1.82, 2.24) is 0 Å². The molecule has 1 atom stereocenters. The van der Waals surface area contributed by atoms with E-state index in [1.54, 1.807) is 0 Å². The predicted molar refractivity (Wildman–Crippen MR) is 89.1 cm³/mol. The number of carbonyl (C=O) groups excluding carboxylic acids is 1. The maximum atomic E-state index is 12.9. The average Bonchev–Trinajstić information content (AvgIpc) is 2.97. The van der Waals surface area contributed by atoms with Gasteiger partial charge in [-0.2, -0.15) is 13.2 Å². The molecule has 142 valence electrons. The van der Waals surface area contributed by atoms with Gasteiger partial charge in [-0.25, -0.2) is 0 Å². The number of hydrogen-bond acceptors (Lipinski definition) is 5. The van der Waals surface area contributed by atoms with Crippen LogP contribution in [0.25, 0.3) is 10.8 Å². The standard InChI is InChI=1S/C15H9ClF3N3O5/c16-5-7-6-20(14(23)15(17,18)19)11-4-10(22(26)27)8-2-1-3-9(21(24)25)13(8)12(7)11/h1-4,7H,5-6H2. The number of hydrogen-bond donors (Lipinski definition) is 0. The van der Waals surface area contributed by atoms with Gasteiger partial charge in [0, 0.05) is 30.5 Å². The monoisotopic (exact) mass is 403 g/mol. The van der Waals surface area contributed by atoms with Crippen LogP contribution in [-0.4, -0.2) is 34.4 Å². The zero-order valence-corrected chi connectivity index (χ0v) is 14.0. The van der Waals surface area contributed by atoms with E-state index in [1.807, 2.05) is 0 Å². The molecule has 0 fully saturated rings. The van der Waals surface area contributed by atoms with Crippen LogP contribution in [0.2, 0.25) is 0 Å². The first-order valence-corrected chi connectivity index (χ1v) is 7.94. The Morgan fingerprint density at radius 1 is 1.22 bits per heavy atom. The highest BCUT2D eigenvalue weighted by molar-refractivity contribution is 6.19. The Morgan fingerprint density at radius 3 is 2.37 bits per heavy atom. The van der Waals surface area contributed by atoms with Gasteiger partial charge in [0.1, 0.15) is 0 Å². The summed E-state index contributed by atoms with van der Waals surface area (Å²) in [4.78, 5) is 33.3. The normalized spacial score (nSPS) is 16.4. The van der Waals surface area contributed by atoms with E-state index in [4.69, 9.17) is 11.6 Å². The molecule has 27 heavy (non-hydrogen) atoms. The molecule has 0 saturated carbocycles. The molecular weight excluding hydrogens is 395 g/mol. The SMILES string of the molecule is O=C(N1CC(CCl)c2c1cc([N+](=O)[O-])c1cccc([N+](=O)[O-])c21)C(F)(F)F. The minimum absolute atomic E-state index is 0.0236. The van der Waals surface area contributed by atoms with Crippen molar-refractivity contribution in [2.75, 3.05) is 17.3 Å². The largest absolute Gasteiger partial charge is 0.471 e. The molecule has 8 nitrogen and oxygen atoms in total. The summed E-state index contributed by atoms with van der Waals surface area (Å²) >= 11 is 5.83. The molecule has 1 aliphatic heterocycles. The summed E-state index contributed by atoms with van der Waals surface area (Å²) in [7, 11) is 0. The number of carbonyl (C=O) groups is 1. The first-order valence-electron chi connectivity index (χ1n) is 7.41. The minimum Gasteiger partial charge on any atom is -0.303 e. The van der Waals surface area contributed by atoms with Crippen molar-refractivity contribution in [2.45, 2.75) is 12.1 Å². The van der Waals surface area contributed by atoms with Crippen LogP contribution in [0, 0.1) is 20.2 Å². The molecule has 0 spiro atoms. The summed E-state index contributed by atoms with van der Waals surface area (Å²) in [5.41, 5.74) is -1.52. The second-order valence-electron chi connectivity index (χ2n) is 5.81. The zero-order valence-electron chi connectivity index (χ0n) is 13.2. The van der Waals surface area contributed by atoms with Gasteiger partial charge >= 0.3 is 12.1 Å². The Kier molecular flexibility index (Phi) is 4.42. The van der Waals surface area contributed by atoms with Crippen LogP contribution >= 0.6 is 11.6 Å². The fraction of sp³-hybridized carbons (Fsp3) is 0.267. The third-order valence-corrected chi connectivity index (χ3v) is 4.68. The van der Waals surface area contributed by atoms with Gasteiger partial charge in [0.05, 0.1) is 26.3 Å². The summed E-state index contributed by atoms with van der Waals surface area (Å²) in [6, 6.07) is 4.42. The summed E-state index contributed by atoms with van der Waals surface area (Å²) < 4.78 is 38.8. The molecule has 2 aromatic carbocycles. The lowest BCUT2D eigenvalue weighted by Gasteiger charge is -2.19. The molecule has 0 aromatic heterocycles. The highest BCUT2D eigenvalue weighted by Gasteiger charge is 2.48. The first kappa shape index (κ1) is 18.8. The molecule has 12 heteroatoms. The van der Waals surface area contributed by atoms with Crippen LogP contribution in [-0.2, 0) is 4.79 Å². The molecule has 0 saturated heterocycles. The van der Waals surface area contributed by atoms with E-state index in [1.165, 1.54) is 12.1 Å². The van der Waals surface area contributed by atoms with E-state index in [2.05, 4.69) is 0 Å². The molecule has 0 bridgehead atoms. The Hall–Kier alpha value is -2.95. The average molecular weight is 404 g/mol. The summed E-state index contributed by atoms with van der Waals surface area (Å²) in [5, 5.41) is 22.5. The topological polar surface area (TPSA) is 107 Å². The fourth-order valence-corrected chi connectivity index (χ4v) is 3.52. The van der Waals surface area contributed by atoms with E-state index in [0.29, 0.717) is 4.90 Å². The number of halogens is 4. The molecule has 1 aliphatic rings. The summed E-state index contributed by atoms with van der Waals surface area (Å²) in [6.07, 6.45) is -5.22. The molecule has 1 amide bonds. The van der Waals surface area contributed by atoms with Crippen molar-refractivity contribution < 1.29 is 27.8 Å². The molecule has 1 heterocycles. The van der Waals surface area contributed by atoms with Crippen LogP contribution in [0.5, 0.6) is 0 Å². The van der Waals surface area contributed by atoms with Crippen LogP contribution in [0.4, 0.5) is 30.2 Å². The lowest BCUT2D eigenvalue weighted by molar-refractivity contribution is -0.384. The second kappa shape index (κ2) is 6.34. The molecule has 0 N–H and O–H groups in total. The van der Waals surface area contributed by atoms with Gasteiger partial charge < -0.3 is 4.90 Å². The smallest absolute Gasteiger partial charge is 0.303 e. The van der Waals surface area contributed by atoms with E-state index < -0.39 is 51.5 Å². The minimum atomic E-state index is -5.22. The van der Waals surface area contributed by atoms with Gasteiger partial charge in [-0.1, -0.05) is 6.07 Å². The highest BCUT2D eigenvalue weighted by atomic mass is 35.5. The van der Waals surface area contributed by atoms with Crippen molar-refractivity contribution in [1.29, 1.82) is 0 Å². The quantitative estimate of drug-likeness (QED) is 0.439. The van der Waals surface area contributed by atoms with Gasteiger partial charge in [-0.05, 0) is 11.6 Å². The molecule has 1 unspecified atom stereocenters. The second-order valence-corrected chi connectivity index (χ2v) is 6.12. The van der Waals surface area contributed by atoms with Crippen LogP contribution in [0.1, 0.15) is 11.5 Å². The molecule has 3 rings (SSSR count). The van der Waals surface area contributed by atoms with Crippen molar-refractivity contribution in [3.63, 3.8) is 0 Å². The number of benzene rings is 2. The highest BCUT2D eigenvalue weighted by Crippen LogP contribution is 2.48. The number of anilines is 1. The van der Waals surface area contributed by atoms with Gasteiger partial charge in [0.2, 0.25) is 0 Å². The molecule has 0 aliphatic carbocycles. The summed E-state index contributed by atoms with van der Waals surface area (Å²) in [5.74, 6) is -3.30. The van der Waals surface area contributed by atoms with Crippen LogP contribution in [0.15, 0.2) is 24.3 Å². The number of nitrogens with zero attached hydrogens (tertiary/aromatic N) is 3. The molecule has 2 aromatic rings. The third kappa shape index (κ3) is 2.93. The van der Waals surface area contributed by atoms with E-state index in [0.717, 1.165) is 12.1 Å². The number of fused-ring (bicyclic) bond motifs is 3. The van der Waals surface area contributed by atoms with Gasteiger partial charge in [-0.3, -0.25) is 25.0 Å². The lowest BCUT2D eigenvalue weighted by atomic mass is 9.94. The van der Waals surface area contributed by atoms with Gasteiger partial charge in [-0.15, -0.1) is 11.6 Å². The summed E-state index contributed by atoms with van der Waals surface area (Å²) in [6.45, 7) is -0.487. The Morgan fingerprint density at radius 2 is 1.85 bits per heavy atom. The first-order chi connectivity index (χ1) is 12.6. The molecule has 0 radical (unpaired) electrons. The number of alkyl halides is 4. The van der Waals surface area contributed by atoms with E-state index >= 15 is 0 Å². The number of nitro benzene ring substituents is 2. The number of amides is 1. The zero-order chi connectivity index (χ0) is 20.1. The van der Waals surface area contributed by atoms with Crippen molar-refractivity contribution in [3.05, 3.63) is 50.1 Å². The van der Waals surface area contributed by atoms with Crippen molar-refractivity contribution in [3.8, 4) is 0 Å². The van der Waals surface area contributed by atoms with Crippen LogP contribution in [0.3, 0.4) is 0 Å². The predicted octanol–water partition coefficient (Wildman–Crippen LogP) is 3.89. The van der Waals surface area contributed by atoms with E-state index in [9.17, 15) is 38.2 Å². The van der Waals surface area contributed by atoms with Crippen molar-refractivity contribution >= 4 is 45.3 Å². The van der Waals surface area contributed by atoms with Crippen LogP contribution < -0.4 is 4.90 Å². The van der Waals surface area contributed by atoms with Gasteiger partial charge in [0.15, 0.2) is 0 Å². The Bertz CT molecular complexity index is 995. The van der Waals surface area contributed by atoms with E-state index in [-0.39, 0.29) is 22.2 Å². The van der Waals surface area contributed by atoms with Crippen molar-refractivity contribution in [2.24, 2.45) is 0 Å². The van der Waals surface area contributed by atoms with Gasteiger partial charge in [0.25, 0.3) is 11.4 Å². The fourth-order valence-electron chi connectivity index (χ4n) is 3.27. The molecular formula is C15H9ClF3N3O5. The maximum absolute atomic E-state index is 12.9. The number of rotatable bonds is 3. The Balaban J connectivity index is 2.44. The number of nitro groups is 2. The maximum Gasteiger partial charge on any atom is 0.471 e. The third-order valence-electron chi connectivity index (χ3n) is 4.31. The lowest BCUT2D eigenvalue weighted by Crippen LogP contribution is -2.40. The Labute approximate surface area is 153 Å². The number of non-ortho nitro benzene ring substituents is 2.